The lowest BCUT2D eigenvalue weighted by Gasteiger charge is -2.12. The molecule has 11 nitrogen and oxygen atoms in total. The first-order valence-electron chi connectivity index (χ1n) is 14.2. The summed E-state index contributed by atoms with van der Waals surface area (Å²) in [6.45, 7) is 2.41. The number of tetrazole rings is 1. The lowest BCUT2D eigenvalue weighted by molar-refractivity contribution is 0.0460. The molecule has 0 radical (unpaired) electrons. The van der Waals surface area contributed by atoms with E-state index in [-0.39, 0.29) is 17.5 Å². The second kappa shape index (κ2) is 13.0. The number of furan rings is 1. The molecule has 6 rings (SSSR count). The molecule has 13 heteroatoms. The third-order valence-electron chi connectivity index (χ3n) is 7.36. The number of primary amides is 1. The van der Waals surface area contributed by atoms with Crippen LogP contribution in [0.2, 0.25) is 5.15 Å². The summed E-state index contributed by atoms with van der Waals surface area (Å²) >= 11 is 10.3. The first-order chi connectivity index (χ1) is 21.8. The number of ether oxygens (including phenoxy) is 1. The summed E-state index contributed by atoms with van der Waals surface area (Å²) in [5.41, 5.74) is 9.78. The van der Waals surface area contributed by atoms with Crippen LogP contribution < -0.4 is 5.73 Å². The zero-order valence-electron chi connectivity index (χ0n) is 24.1. The number of benzene rings is 3. The molecule has 0 saturated carbocycles. The van der Waals surface area contributed by atoms with Crippen LogP contribution in [0.3, 0.4) is 0 Å². The number of amides is 1. The van der Waals surface area contributed by atoms with Crippen molar-refractivity contribution in [3.63, 3.8) is 0 Å². The number of imidazole rings is 1. The number of esters is 1. The van der Waals surface area contributed by atoms with Crippen LogP contribution in [0.25, 0.3) is 33.7 Å². The van der Waals surface area contributed by atoms with Crippen molar-refractivity contribution in [1.29, 1.82) is 0 Å². The Morgan fingerprint density at radius 2 is 1.82 bits per heavy atom. The summed E-state index contributed by atoms with van der Waals surface area (Å²) in [4.78, 5) is 29.3. The average Bonchev–Trinajstić information content (AvgIpc) is 3.77. The van der Waals surface area contributed by atoms with E-state index in [1.807, 2.05) is 47.0 Å². The van der Waals surface area contributed by atoms with Crippen molar-refractivity contribution in [2.45, 2.75) is 39.3 Å². The molecule has 228 valence electrons. The Labute approximate surface area is 270 Å². The smallest absolute Gasteiger partial charge is 0.358 e. The number of fused-ring (bicyclic) bond motifs is 1. The first-order valence-corrected chi connectivity index (χ1v) is 15.4. The summed E-state index contributed by atoms with van der Waals surface area (Å²) in [6.07, 6.45) is 2.48. The van der Waals surface area contributed by atoms with Crippen LogP contribution in [-0.4, -0.2) is 42.1 Å². The van der Waals surface area contributed by atoms with Crippen molar-refractivity contribution in [2.75, 3.05) is 0 Å². The summed E-state index contributed by atoms with van der Waals surface area (Å²) in [5.74, 6) is 0.732. The van der Waals surface area contributed by atoms with E-state index in [4.69, 9.17) is 26.5 Å². The Balaban J connectivity index is 1.31. The molecule has 6 aromatic rings. The van der Waals surface area contributed by atoms with Gasteiger partial charge in [-0.05, 0) is 68.2 Å². The van der Waals surface area contributed by atoms with E-state index >= 15 is 0 Å². The predicted octanol–water partition coefficient (Wildman–Crippen LogP) is 6.74. The number of rotatable bonds is 11. The fraction of sp³-hybridized carbons (Fsp3) is 0.188. The first kappa shape index (κ1) is 30.2. The number of hydrogen-bond acceptors (Lipinski definition) is 8. The summed E-state index contributed by atoms with van der Waals surface area (Å²) in [7, 11) is 0. The van der Waals surface area contributed by atoms with Gasteiger partial charge in [-0.25, -0.2) is 14.9 Å². The summed E-state index contributed by atoms with van der Waals surface area (Å²) in [6, 6.07) is 20.1. The standard InChI is InChI=1S/C32H27BrClN7O4/c1-2-3-8-25-36-29(34)27(32(43)44-17-18-9-12-20(13-10-18)30(35)42)41(25)16-19-11-14-24-23(15-19)26(33)28(45-24)21-6-4-5-7-22(21)31-37-39-40-38-31/h4-7,9-15H,2-3,8,16-17H2,1H3,(H2,35,42)(H,37,38,39,40). The zero-order chi connectivity index (χ0) is 31.5. The average molecular weight is 689 g/mol. The van der Waals surface area contributed by atoms with Gasteiger partial charge in [0.2, 0.25) is 5.91 Å². The van der Waals surface area contributed by atoms with Gasteiger partial charge in [0.15, 0.2) is 16.7 Å². The number of unbranched alkanes of at least 4 members (excludes halogenated alkanes) is 1. The SMILES string of the molecule is CCCCc1nc(Cl)c(C(=O)OCc2ccc(C(N)=O)cc2)n1Cc1ccc2oc(-c3ccccc3-c3nnn[nH]3)c(Br)c2c1. The Bertz CT molecular complexity index is 2000. The van der Waals surface area contributed by atoms with Gasteiger partial charge in [-0.15, -0.1) is 5.10 Å². The van der Waals surface area contributed by atoms with E-state index in [1.165, 1.54) is 0 Å². The number of aromatic nitrogens is 6. The zero-order valence-corrected chi connectivity index (χ0v) is 26.4. The quantitative estimate of drug-likeness (QED) is 0.142. The Morgan fingerprint density at radius 3 is 2.53 bits per heavy atom. The largest absolute Gasteiger partial charge is 0.456 e. The highest BCUT2D eigenvalue weighted by molar-refractivity contribution is 9.10. The van der Waals surface area contributed by atoms with Gasteiger partial charge < -0.3 is 19.5 Å². The molecule has 0 aliphatic carbocycles. The number of carbonyl (C=O) groups excluding carboxylic acids is 2. The van der Waals surface area contributed by atoms with Gasteiger partial charge in [0, 0.05) is 35.0 Å². The van der Waals surface area contributed by atoms with Crippen LogP contribution in [0.5, 0.6) is 0 Å². The van der Waals surface area contributed by atoms with E-state index in [9.17, 15) is 9.59 Å². The second-order valence-corrected chi connectivity index (χ2v) is 11.5. The molecule has 3 N–H and O–H groups in total. The highest BCUT2D eigenvalue weighted by Crippen LogP contribution is 2.41. The monoisotopic (exact) mass is 687 g/mol. The van der Waals surface area contributed by atoms with E-state index in [2.05, 4.69) is 48.5 Å². The maximum atomic E-state index is 13.4. The van der Waals surface area contributed by atoms with Crippen molar-refractivity contribution in [3.05, 3.63) is 105 Å². The fourth-order valence-corrected chi connectivity index (χ4v) is 5.95. The molecule has 3 heterocycles. The lowest BCUT2D eigenvalue weighted by atomic mass is 10.0. The van der Waals surface area contributed by atoms with Gasteiger partial charge in [0.25, 0.3) is 0 Å². The van der Waals surface area contributed by atoms with E-state index < -0.39 is 11.9 Å². The topological polar surface area (TPSA) is 155 Å². The van der Waals surface area contributed by atoms with Gasteiger partial charge >= 0.3 is 5.97 Å². The number of carbonyl (C=O) groups is 2. The molecule has 0 unspecified atom stereocenters. The van der Waals surface area contributed by atoms with Gasteiger partial charge in [0.05, 0.1) is 4.47 Å². The van der Waals surface area contributed by atoms with Crippen molar-refractivity contribution < 1.29 is 18.7 Å². The molecule has 45 heavy (non-hydrogen) atoms. The molecule has 0 fully saturated rings. The minimum absolute atomic E-state index is 0.00795. The van der Waals surface area contributed by atoms with Crippen molar-refractivity contribution in [2.24, 2.45) is 5.73 Å². The molecule has 0 saturated heterocycles. The molecule has 0 aliphatic rings. The van der Waals surface area contributed by atoms with Gasteiger partial charge in [-0.3, -0.25) is 4.79 Å². The predicted molar refractivity (Wildman–Crippen MR) is 172 cm³/mol. The second-order valence-electron chi connectivity index (χ2n) is 10.4. The Morgan fingerprint density at radius 1 is 1.07 bits per heavy atom. The fourth-order valence-electron chi connectivity index (χ4n) is 5.07. The summed E-state index contributed by atoms with van der Waals surface area (Å²) < 4.78 is 14.5. The summed E-state index contributed by atoms with van der Waals surface area (Å²) in [5, 5.41) is 15.2. The van der Waals surface area contributed by atoms with Crippen LogP contribution in [-0.2, 0) is 24.3 Å². The number of H-pyrrole nitrogens is 1. The van der Waals surface area contributed by atoms with Crippen LogP contribution in [0.15, 0.2) is 75.6 Å². The number of nitrogens with zero attached hydrogens (tertiary/aromatic N) is 5. The molecule has 1 amide bonds. The Kier molecular flexibility index (Phi) is 8.76. The number of halogens is 2. The van der Waals surface area contributed by atoms with Crippen LogP contribution >= 0.6 is 27.5 Å². The molecule has 3 aromatic carbocycles. The molecular formula is C32H27BrClN7O4. The van der Waals surface area contributed by atoms with Crippen molar-refractivity contribution in [3.8, 4) is 22.7 Å². The number of nitrogens with two attached hydrogens (primary N) is 1. The number of aryl methyl sites for hydroxylation is 1. The minimum atomic E-state index is -0.597. The van der Waals surface area contributed by atoms with Crippen LogP contribution in [0.4, 0.5) is 0 Å². The highest BCUT2D eigenvalue weighted by atomic mass is 79.9. The maximum Gasteiger partial charge on any atom is 0.358 e. The Hall–Kier alpha value is -4.81. The maximum absolute atomic E-state index is 13.4. The van der Waals surface area contributed by atoms with E-state index in [0.29, 0.717) is 47.1 Å². The third kappa shape index (κ3) is 6.24. The molecule has 3 aromatic heterocycles. The van der Waals surface area contributed by atoms with Gasteiger partial charge in [-0.2, -0.15) is 0 Å². The van der Waals surface area contributed by atoms with Crippen LogP contribution in [0, 0.1) is 0 Å². The molecule has 0 atom stereocenters. The van der Waals surface area contributed by atoms with Crippen LogP contribution in [0.1, 0.15) is 57.6 Å². The van der Waals surface area contributed by atoms with E-state index in [1.54, 1.807) is 24.3 Å². The van der Waals surface area contributed by atoms with Crippen molar-refractivity contribution >= 4 is 50.4 Å². The van der Waals surface area contributed by atoms with Gasteiger partial charge in [0.1, 0.15) is 23.8 Å². The number of aromatic amines is 1. The molecular weight excluding hydrogens is 662 g/mol. The van der Waals surface area contributed by atoms with Crippen molar-refractivity contribution in [1.82, 2.24) is 30.2 Å². The van der Waals surface area contributed by atoms with E-state index in [0.717, 1.165) is 39.4 Å². The lowest BCUT2D eigenvalue weighted by Crippen LogP contribution is -2.16. The molecule has 0 spiro atoms. The highest BCUT2D eigenvalue weighted by Gasteiger charge is 2.25. The molecule has 0 aliphatic heterocycles. The number of hydrogen-bond donors (Lipinski definition) is 2. The minimum Gasteiger partial charge on any atom is -0.456 e. The third-order valence-corrected chi connectivity index (χ3v) is 8.42. The molecule has 0 bridgehead atoms. The number of nitrogens with one attached hydrogen (secondary N) is 1. The van der Waals surface area contributed by atoms with Gasteiger partial charge in [-0.1, -0.05) is 67.4 Å². The normalized spacial score (nSPS) is 11.3.